The Morgan fingerprint density at radius 2 is 1.82 bits per heavy atom. The maximum atomic E-state index is 12.5. The molecule has 8 nitrogen and oxygen atoms in total. The monoisotopic (exact) mass is 406 g/mol. The molecule has 0 aromatic heterocycles. The number of amides is 5. The molecule has 0 aliphatic carbocycles. The number of carbonyl (C=O) groups excluding carboxylic acids is 4. The predicted molar refractivity (Wildman–Crippen MR) is 102 cm³/mol. The molecule has 2 fully saturated rings. The number of carbonyl (C=O) groups is 4. The molecule has 150 valence electrons. The highest BCUT2D eigenvalue weighted by atomic mass is 35.5. The number of rotatable bonds is 4. The smallest absolute Gasteiger partial charge is 0.339 e. The van der Waals surface area contributed by atoms with E-state index in [1.165, 1.54) is 0 Å². The van der Waals surface area contributed by atoms with Gasteiger partial charge in [0.1, 0.15) is 5.54 Å². The predicted octanol–water partition coefficient (Wildman–Crippen LogP) is 1.94. The topological polar surface area (TPSA) is 98.8 Å². The van der Waals surface area contributed by atoms with Crippen molar-refractivity contribution >= 4 is 35.4 Å². The molecule has 2 heterocycles. The van der Waals surface area contributed by atoms with E-state index in [1.54, 1.807) is 43.0 Å². The summed E-state index contributed by atoms with van der Waals surface area (Å²) in [7, 11) is 0. The first-order valence-electron chi connectivity index (χ1n) is 9.27. The lowest BCUT2D eigenvalue weighted by Crippen LogP contribution is -2.51. The largest absolute Gasteiger partial charge is 0.344 e. The minimum Gasteiger partial charge on any atom is -0.339 e. The van der Waals surface area contributed by atoms with E-state index >= 15 is 0 Å². The summed E-state index contributed by atoms with van der Waals surface area (Å²) in [5, 5.41) is 3.92. The van der Waals surface area contributed by atoms with E-state index in [0.717, 1.165) is 5.01 Å². The molecule has 0 spiro atoms. The highest BCUT2D eigenvalue weighted by Crippen LogP contribution is 2.22. The molecule has 28 heavy (non-hydrogen) atoms. The summed E-state index contributed by atoms with van der Waals surface area (Å²) in [4.78, 5) is 51.1. The molecule has 3 rings (SSSR count). The van der Waals surface area contributed by atoms with Crippen molar-refractivity contribution in [3.05, 3.63) is 34.9 Å². The van der Waals surface area contributed by atoms with Gasteiger partial charge in [-0.3, -0.25) is 19.8 Å². The second-order valence-corrected chi connectivity index (χ2v) is 7.74. The van der Waals surface area contributed by atoms with Crippen LogP contribution in [0.4, 0.5) is 4.79 Å². The number of nitrogens with one attached hydrogen (secondary N) is 2. The first-order chi connectivity index (χ1) is 13.2. The molecule has 1 aromatic rings. The number of nitrogens with zero attached hydrogens (tertiary/aromatic N) is 2. The second-order valence-electron chi connectivity index (χ2n) is 7.31. The molecule has 5 amide bonds. The van der Waals surface area contributed by atoms with Gasteiger partial charge in [-0.05, 0) is 50.5 Å². The Morgan fingerprint density at radius 3 is 2.36 bits per heavy atom. The Hall–Kier alpha value is -2.61. The van der Waals surface area contributed by atoms with Crippen LogP contribution in [0.25, 0.3) is 0 Å². The summed E-state index contributed by atoms with van der Waals surface area (Å²) in [5.41, 5.74) is 1.98. The fourth-order valence-corrected chi connectivity index (χ4v) is 3.47. The summed E-state index contributed by atoms with van der Waals surface area (Å²) in [6.45, 7) is 4.26. The average Bonchev–Trinajstić information content (AvgIpc) is 2.91. The number of hydrazine groups is 1. The molecule has 2 aliphatic heterocycles. The highest BCUT2D eigenvalue weighted by molar-refractivity contribution is 6.30. The minimum atomic E-state index is -1.00. The van der Waals surface area contributed by atoms with Crippen molar-refractivity contribution in [3.8, 4) is 0 Å². The molecule has 2 aliphatic rings. The van der Waals surface area contributed by atoms with Crippen molar-refractivity contribution in [2.45, 2.75) is 38.6 Å². The van der Waals surface area contributed by atoms with Gasteiger partial charge in [0.2, 0.25) is 5.91 Å². The van der Waals surface area contributed by atoms with Gasteiger partial charge in [-0.2, -0.15) is 5.01 Å². The van der Waals surface area contributed by atoms with Crippen LogP contribution in [0.5, 0.6) is 0 Å². The molecule has 2 saturated heterocycles. The molecule has 1 unspecified atom stereocenters. The molecule has 1 atom stereocenters. The minimum absolute atomic E-state index is 0.108. The normalized spacial score (nSPS) is 23.0. The quantitative estimate of drug-likeness (QED) is 0.746. The fourth-order valence-electron chi connectivity index (χ4n) is 3.35. The number of halogens is 1. The lowest BCUT2D eigenvalue weighted by Gasteiger charge is -2.32. The van der Waals surface area contributed by atoms with Crippen molar-refractivity contribution in [2.24, 2.45) is 5.92 Å². The zero-order valence-corrected chi connectivity index (χ0v) is 16.6. The van der Waals surface area contributed by atoms with Gasteiger partial charge in [-0.1, -0.05) is 18.5 Å². The molecular formula is C19H23ClN4O4. The molecule has 1 aromatic carbocycles. The van der Waals surface area contributed by atoms with Crippen LogP contribution >= 0.6 is 11.6 Å². The van der Waals surface area contributed by atoms with Gasteiger partial charge in [0.25, 0.3) is 11.8 Å². The number of likely N-dealkylation sites (tertiary alicyclic amines) is 1. The van der Waals surface area contributed by atoms with Crippen LogP contribution in [-0.4, -0.2) is 52.3 Å². The second kappa shape index (κ2) is 7.79. The molecule has 2 N–H and O–H groups in total. The highest BCUT2D eigenvalue weighted by Gasteiger charge is 2.48. The van der Waals surface area contributed by atoms with E-state index in [4.69, 9.17) is 11.6 Å². The van der Waals surface area contributed by atoms with Crippen LogP contribution < -0.4 is 10.7 Å². The molecule has 0 radical (unpaired) electrons. The summed E-state index contributed by atoms with van der Waals surface area (Å²) in [6.07, 6.45) is 1.34. The zero-order valence-electron chi connectivity index (χ0n) is 15.8. The summed E-state index contributed by atoms with van der Waals surface area (Å²) >= 11 is 5.85. The SMILES string of the molecule is CCC1(C)NC(=O)N(NC(=O)C2CCN(C(=O)c3ccc(Cl)cc3)CC2)C1=O. The van der Waals surface area contributed by atoms with Gasteiger partial charge in [0.05, 0.1) is 0 Å². The van der Waals surface area contributed by atoms with E-state index in [0.29, 0.717) is 42.9 Å². The Labute approximate surface area is 168 Å². The Balaban J connectivity index is 1.55. The van der Waals surface area contributed by atoms with Crippen molar-refractivity contribution in [1.82, 2.24) is 20.7 Å². The van der Waals surface area contributed by atoms with Crippen LogP contribution in [0.1, 0.15) is 43.5 Å². The van der Waals surface area contributed by atoms with Crippen LogP contribution in [0, 0.1) is 5.92 Å². The van der Waals surface area contributed by atoms with Gasteiger partial charge in [-0.15, -0.1) is 0 Å². The van der Waals surface area contributed by atoms with E-state index < -0.39 is 17.5 Å². The number of benzene rings is 1. The molecule has 9 heteroatoms. The zero-order chi connectivity index (χ0) is 20.5. The third-order valence-electron chi connectivity index (χ3n) is 5.43. The average molecular weight is 407 g/mol. The van der Waals surface area contributed by atoms with Crippen molar-refractivity contribution in [2.75, 3.05) is 13.1 Å². The Bertz CT molecular complexity index is 805. The van der Waals surface area contributed by atoms with Gasteiger partial charge < -0.3 is 10.2 Å². The maximum Gasteiger partial charge on any atom is 0.344 e. The lowest BCUT2D eigenvalue weighted by molar-refractivity contribution is -0.141. The van der Waals surface area contributed by atoms with E-state index in [1.807, 2.05) is 0 Å². The Morgan fingerprint density at radius 1 is 1.21 bits per heavy atom. The number of imide groups is 1. The third kappa shape index (κ3) is 3.82. The van der Waals surface area contributed by atoms with Gasteiger partial charge >= 0.3 is 6.03 Å². The van der Waals surface area contributed by atoms with Gasteiger partial charge in [-0.25, -0.2) is 4.79 Å². The van der Waals surface area contributed by atoms with Crippen LogP contribution in [0.15, 0.2) is 24.3 Å². The maximum absolute atomic E-state index is 12.5. The molecule has 0 bridgehead atoms. The first kappa shape index (κ1) is 20.1. The van der Waals surface area contributed by atoms with Gasteiger partial charge in [0, 0.05) is 29.6 Å². The van der Waals surface area contributed by atoms with E-state index in [2.05, 4.69) is 10.7 Å². The summed E-state index contributed by atoms with van der Waals surface area (Å²) in [6, 6.07) is 6.05. The number of hydrogen-bond donors (Lipinski definition) is 2. The number of hydrogen-bond acceptors (Lipinski definition) is 4. The first-order valence-corrected chi connectivity index (χ1v) is 9.65. The van der Waals surface area contributed by atoms with Crippen LogP contribution in [0.2, 0.25) is 5.02 Å². The summed E-state index contributed by atoms with van der Waals surface area (Å²) < 4.78 is 0. The van der Waals surface area contributed by atoms with Crippen molar-refractivity contribution in [3.63, 3.8) is 0 Å². The standard InChI is InChI=1S/C19H23ClN4O4/c1-3-19(2)17(27)24(18(28)21-19)22-15(25)12-8-10-23(11-9-12)16(26)13-4-6-14(20)7-5-13/h4-7,12H,3,8-11H2,1-2H3,(H,21,28)(H,22,25). The van der Waals surface area contributed by atoms with Crippen molar-refractivity contribution < 1.29 is 19.2 Å². The lowest BCUT2D eigenvalue weighted by atomic mass is 9.95. The van der Waals surface area contributed by atoms with Gasteiger partial charge in [0.15, 0.2) is 0 Å². The fraction of sp³-hybridized carbons (Fsp3) is 0.474. The molecular weight excluding hydrogens is 384 g/mol. The molecule has 0 saturated carbocycles. The van der Waals surface area contributed by atoms with E-state index in [-0.39, 0.29) is 17.7 Å². The summed E-state index contributed by atoms with van der Waals surface area (Å²) in [5.74, 6) is -1.34. The van der Waals surface area contributed by atoms with Crippen molar-refractivity contribution in [1.29, 1.82) is 0 Å². The number of urea groups is 1. The van der Waals surface area contributed by atoms with Crippen LogP contribution in [0.3, 0.4) is 0 Å². The Kier molecular flexibility index (Phi) is 5.60. The number of piperidine rings is 1. The third-order valence-corrected chi connectivity index (χ3v) is 5.69. The van der Waals surface area contributed by atoms with Crippen LogP contribution in [-0.2, 0) is 9.59 Å². The van der Waals surface area contributed by atoms with E-state index in [9.17, 15) is 19.2 Å².